The molecule has 0 aromatic heterocycles. The smallest absolute Gasteiger partial charge is 0.0194 e. The number of hydrogen-bond acceptors (Lipinski definition) is 0. The van der Waals surface area contributed by atoms with Crippen LogP contribution in [0.1, 0.15) is 83.4 Å². The predicted molar refractivity (Wildman–Crippen MR) is 73.0 cm³/mol. The molecule has 0 unspecified atom stereocenters. The van der Waals surface area contributed by atoms with Gasteiger partial charge in [0.25, 0.3) is 0 Å². The van der Waals surface area contributed by atoms with Gasteiger partial charge in [0.2, 0.25) is 0 Å². The molecule has 0 aliphatic rings. The fraction of sp³-hybridized carbons (Fsp3) is 1.00. The fourth-order valence-electron chi connectivity index (χ4n) is 0.289. The Morgan fingerprint density at radius 2 is 1.07 bits per heavy atom. The second kappa shape index (κ2) is 23.1. The largest absolute Gasteiger partial charge is 0.0776 e. The molecule has 0 bridgehead atoms. The quantitative estimate of drug-likeness (QED) is 0.516. The molecule has 0 saturated heterocycles. The first-order chi connectivity index (χ1) is 7.08. The molecule has 0 aromatic carbocycles. The summed E-state index contributed by atoms with van der Waals surface area (Å²) in [5, 5.41) is 0. The van der Waals surface area contributed by atoms with Gasteiger partial charge in [-0.25, -0.2) is 0 Å². The van der Waals surface area contributed by atoms with E-state index >= 15 is 0 Å². The van der Waals surface area contributed by atoms with E-state index < -0.39 is 0 Å². The van der Waals surface area contributed by atoms with E-state index in [4.69, 9.17) is 1.37 Å². The van der Waals surface area contributed by atoms with Crippen LogP contribution in [0.4, 0.5) is 0 Å². The average molecular weight is 204 g/mol. The van der Waals surface area contributed by atoms with Crippen molar-refractivity contribution in [2.24, 2.45) is 11.8 Å². The molecule has 0 rings (SSSR count). The summed E-state index contributed by atoms with van der Waals surface area (Å²) in [5.74, 6) is 1.82. The first kappa shape index (κ1) is 19.6. The van der Waals surface area contributed by atoms with Crippen LogP contribution < -0.4 is 0 Å². The van der Waals surface area contributed by atoms with Crippen LogP contribution in [0.15, 0.2) is 0 Å². The summed E-state index contributed by atoms with van der Waals surface area (Å²) in [6.07, 6.45) is 3.97. The molecule has 0 aliphatic heterocycles. The van der Waals surface area contributed by atoms with Gasteiger partial charge in [-0.2, -0.15) is 0 Å². The Bertz CT molecular complexity index is 56.4. The van der Waals surface area contributed by atoms with Crippen LogP contribution in [0.3, 0.4) is 0 Å². The van der Waals surface area contributed by atoms with Gasteiger partial charge in [0.15, 0.2) is 0 Å². The van der Waals surface area contributed by atoms with E-state index in [9.17, 15) is 0 Å². The summed E-state index contributed by atoms with van der Waals surface area (Å²) in [6, 6.07) is 0. The summed E-state index contributed by atoms with van der Waals surface area (Å²) in [6.45, 7) is 17.4. The van der Waals surface area contributed by atoms with Crippen LogP contribution in [0.5, 0.6) is 0 Å². The molecule has 0 saturated carbocycles. The molecule has 0 heteroatoms. The Morgan fingerprint density at radius 1 is 0.857 bits per heavy atom. The van der Waals surface area contributed by atoms with E-state index in [1.807, 2.05) is 13.8 Å². The van der Waals surface area contributed by atoms with Gasteiger partial charge in [0, 0.05) is 1.37 Å². The minimum atomic E-state index is 0.884. The van der Waals surface area contributed by atoms with E-state index in [1.165, 1.54) is 26.7 Å². The van der Waals surface area contributed by atoms with Gasteiger partial charge in [-0.15, -0.1) is 0 Å². The topological polar surface area (TPSA) is 0 Å². The van der Waals surface area contributed by atoms with Crippen LogP contribution >= 0.6 is 0 Å². The third-order valence-corrected chi connectivity index (χ3v) is 2.21. The zero-order valence-corrected chi connectivity index (χ0v) is 12.3. The second-order valence-corrected chi connectivity index (χ2v) is 3.72. The molecule has 0 aromatic rings. The molecule has 14 heavy (non-hydrogen) atoms. The van der Waals surface area contributed by atoms with Crippen LogP contribution in [-0.2, 0) is 0 Å². The van der Waals surface area contributed by atoms with Gasteiger partial charge in [-0.1, -0.05) is 82.1 Å². The van der Waals surface area contributed by atoms with Gasteiger partial charge < -0.3 is 0 Å². The molecule has 0 aliphatic carbocycles. The average Bonchev–Trinajstić information content (AvgIpc) is 2.33. The number of rotatable bonds is 3. The Kier molecular flexibility index (Phi) is 32.3. The maximum atomic E-state index is 5.75. The highest BCUT2D eigenvalue weighted by molar-refractivity contribution is 4.41. The maximum Gasteiger partial charge on any atom is 0.0194 e. The number of hydrogen-bond donors (Lipinski definition) is 0. The van der Waals surface area contributed by atoms with Gasteiger partial charge in [0.1, 0.15) is 0 Å². The third kappa shape index (κ3) is 40.3. The van der Waals surface area contributed by atoms with E-state index in [0.717, 1.165) is 11.8 Å². The van der Waals surface area contributed by atoms with Crippen molar-refractivity contribution < 1.29 is 1.37 Å². The Hall–Kier alpha value is 0. The Labute approximate surface area is 95.9 Å². The lowest BCUT2D eigenvalue weighted by molar-refractivity contribution is 0.544. The standard InChI is InChI=1S/C6H14.C5H12.C2H6.CH4/c1-4-6(3)5-2;1-4-5(2)3;1-2;/h6H,4-5H2,1-3H3;5H,4H2,1-3H3;1-2H3;1H4/i;;;1H. The van der Waals surface area contributed by atoms with Crippen molar-refractivity contribution in [3.63, 3.8) is 0 Å². The molecule has 0 N–H and O–H groups in total. The minimum absolute atomic E-state index is 0.884. The van der Waals surface area contributed by atoms with Crippen LogP contribution in [-0.4, -0.2) is 0 Å². The molecule has 0 amide bonds. The summed E-state index contributed by atoms with van der Waals surface area (Å²) in [4.78, 5) is 0. The van der Waals surface area contributed by atoms with Crippen molar-refractivity contribution in [3.05, 3.63) is 0 Å². The molecular formula is C14H36. The zero-order chi connectivity index (χ0) is 13.3. The van der Waals surface area contributed by atoms with E-state index in [0.29, 0.717) is 0 Å². The lowest BCUT2D eigenvalue weighted by Gasteiger charge is -1.98. The van der Waals surface area contributed by atoms with E-state index in [-0.39, 0.29) is 0 Å². The Balaban J connectivity index is -0.0000000610. The maximum absolute atomic E-state index is 5.75. The SMILES string of the molecule is CC.CCC(C)C.CCC(C)CC.[1H]C. The van der Waals surface area contributed by atoms with Gasteiger partial charge >= 0.3 is 0 Å². The zero-order valence-electron chi connectivity index (χ0n) is 13.3. The van der Waals surface area contributed by atoms with E-state index in [2.05, 4.69) is 41.5 Å². The second-order valence-electron chi connectivity index (χ2n) is 3.72. The highest BCUT2D eigenvalue weighted by Gasteiger charge is 1.88. The summed E-state index contributed by atoms with van der Waals surface area (Å²) in [5.41, 5.74) is 0. The minimum Gasteiger partial charge on any atom is -0.0776 e. The lowest BCUT2D eigenvalue weighted by atomic mass is 10.1. The van der Waals surface area contributed by atoms with Crippen molar-refractivity contribution in [2.75, 3.05) is 0 Å². The van der Waals surface area contributed by atoms with Gasteiger partial charge in [-0.05, 0) is 11.8 Å². The first-order valence-corrected chi connectivity index (χ1v) is 6.08. The lowest BCUT2D eigenvalue weighted by Crippen LogP contribution is -1.85. The van der Waals surface area contributed by atoms with Crippen molar-refractivity contribution in [2.45, 2.75) is 82.1 Å². The first-order valence-electron chi connectivity index (χ1n) is 7.08. The molecule has 0 radical (unpaired) electrons. The highest BCUT2D eigenvalue weighted by Crippen LogP contribution is 2.02. The molecule has 0 nitrogen and oxygen atoms in total. The van der Waals surface area contributed by atoms with Crippen LogP contribution in [0.2, 0.25) is 0 Å². The van der Waals surface area contributed by atoms with Crippen molar-refractivity contribution in [3.8, 4) is 0 Å². The summed E-state index contributed by atoms with van der Waals surface area (Å²) < 4.78 is 5.75. The Morgan fingerprint density at radius 3 is 1.07 bits per heavy atom. The highest BCUT2D eigenvalue weighted by atomic mass is 13.9. The van der Waals surface area contributed by atoms with Crippen molar-refractivity contribution >= 4 is 0 Å². The van der Waals surface area contributed by atoms with Crippen LogP contribution in [0, 0.1) is 11.8 Å². The molecule has 0 fully saturated rings. The summed E-state index contributed by atoms with van der Waals surface area (Å²) >= 11 is 0. The molecule has 0 atom stereocenters. The van der Waals surface area contributed by atoms with Crippen molar-refractivity contribution in [1.29, 1.82) is 0 Å². The van der Waals surface area contributed by atoms with Crippen LogP contribution in [0.25, 0.3) is 0 Å². The normalized spacial score (nSPS) is 8.64. The molecule has 0 heterocycles. The predicted octanol–water partition coefficient (Wildman–Crippen LogP) is 6.16. The fourth-order valence-corrected chi connectivity index (χ4v) is 0.289. The van der Waals surface area contributed by atoms with Crippen molar-refractivity contribution in [1.82, 2.24) is 0 Å². The van der Waals surface area contributed by atoms with Gasteiger partial charge in [-0.3, -0.25) is 0 Å². The summed E-state index contributed by atoms with van der Waals surface area (Å²) in [7, 11) is 1.25. The molecule has 0 spiro atoms. The molecular weight excluding hydrogens is 168 g/mol. The van der Waals surface area contributed by atoms with E-state index in [1.54, 1.807) is 0 Å². The van der Waals surface area contributed by atoms with Gasteiger partial charge in [0.05, 0.1) is 0 Å². The monoisotopic (exact) mass is 204 g/mol. The third-order valence-electron chi connectivity index (χ3n) is 2.21. The molecule has 92 valence electrons.